The molecule has 9 aromatic rings. The Bertz CT molecular complexity index is 2490. The Balaban J connectivity index is 1.29. The molecule has 0 saturated heterocycles. The van der Waals surface area contributed by atoms with E-state index in [-0.39, 0.29) is 0 Å². The molecular weight excluding hydrogens is 553 g/mol. The van der Waals surface area contributed by atoms with Crippen molar-refractivity contribution < 1.29 is 0 Å². The van der Waals surface area contributed by atoms with Gasteiger partial charge in [-0.2, -0.15) is 0 Å². The van der Waals surface area contributed by atoms with Crippen LogP contribution in [0.5, 0.6) is 0 Å². The predicted molar refractivity (Wildman–Crippen MR) is 190 cm³/mol. The van der Waals surface area contributed by atoms with Crippen molar-refractivity contribution in [1.29, 1.82) is 0 Å². The fourth-order valence-corrected chi connectivity index (χ4v) is 7.71. The second-order valence-electron chi connectivity index (χ2n) is 11.2. The standard InChI is InChI=1S/C41H26N2S/c1-2-8-27(9-3-1)28-18-20-32(21-19-28)43(41-40-36-12-6-7-13-37(36)44-38(40)24-25-42-41)33-22-23-35-31(26-33)17-16-30-15-14-29-10-4-5-11-34(29)39(30)35/h1-26H. The van der Waals surface area contributed by atoms with E-state index in [1.165, 1.54) is 63.6 Å². The van der Waals surface area contributed by atoms with E-state index in [1.807, 2.05) is 17.5 Å². The Morgan fingerprint density at radius 1 is 0.432 bits per heavy atom. The number of anilines is 3. The molecule has 0 bridgehead atoms. The van der Waals surface area contributed by atoms with Gasteiger partial charge in [-0.25, -0.2) is 4.98 Å². The van der Waals surface area contributed by atoms with Gasteiger partial charge in [-0.1, -0.05) is 115 Å². The number of fused-ring (bicyclic) bond motifs is 8. The van der Waals surface area contributed by atoms with Crippen molar-refractivity contribution in [3.63, 3.8) is 0 Å². The lowest BCUT2D eigenvalue weighted by molar-refractivity contribution is 1.21. The molecule has 0 atom stereocenters. The third kappa shape index (κ3) is 3.98. The summed E-state index contributed by atoms with van der Waals surface area (Å²) in [5, 5.41) is 9.99. The van der Waals surface area contributed by atoms with Crippen LogP contribution in [0, 0.1) is 0 Å². The van der Waals surface area contributed by atoms with Gasteiger partial charge in [0.15, 0.2) is 0 Å². The van der Waals surface area contributed by atoms with Crippen LogP contribution in [-0.2, 0) is 0 Å². The molecule has 0 radical (unpaired) electrons. The first-order valence-corrected chi connectivity index (χ1v) is 15.7. The second-order valence-corrected chi connectivity index (χ2v) is 12.3. The average molecular weight is 579 g/mol. The van der Waals surface area contributed by atoms with Gasteiger partial charge in [0.2, 0.25) is 0 Å². The Morgan fingerprint density at radius 3 is 1.95 bits per heavy atom. The molecule has 7 aromatic carbocycles. The van der Waals surface area contributed by atoms with Gasteiger partial charge in [-0.05, 0) is 79.8 Å². The molecular formula is C41H26N2S. The van der Waals surface area contributed by atoms with Gasteiger partial charge in [0.25, 0.3) is 0 Å². The van der Waals surface area contributed by atoms with Crippen molar-refractivity contribution in [3.05, 3.63) is 158 Å². The van der Waals surface area contributed by atoms with E-state index in [4.69, 9.17) is 4.98 Å². The number of thiophene rings is 1. The van der Waals surface area contributed by atoms with Crippen LogP contribution in [0.2, 0.25) is 0 Å². The minimum atomic E-state index is 0.943. The lowest BCUT2D eigenvalue weighted by atomic mass is 9.96. The smallest absolute Gasteiger partial charge is 0.146 e. The van der Waals surface area contributed by atoms with Crippen molar-refractivity contribution >= 4 is 81.0 Å². The number of rotatable bonds is 4. The molecule has 0 unspecified atom stereocenters. The molecule has 0 aliphatic heterocycles. The summed E-state index contributed by atoms with van der Waals surface area (Å²) in [7, 11) is 0. The number of hydrogen-bond acceptors (Lipinski definition) is 3. The Labute approximate surface area is 259 Å². The molecule has 9 rings (SSSR count). The highest BCUT2D eigenvalue weighted by Gasteiger charge is 2.20. The molecule has 0 aliphatic carbocycles. The highest BCUT2D eigenvalue weighted by Crippen LogP contribution is 2.44. The van der Waals surface area contributed by atoms with E-state index in [2.05, 4.69) is 157 Å². The van der Waals surface area contributed by atoms with E-state index in [0.29, 0.717) is 0 Å². The third-order valence-electron chi connectivity index (χ3n) is 8.68. The van der Waals surface area contributed by atoms with Gasteiger partial charge >= 0.3 is 0 Å². The van der Waals surface area contributed by atoms with Crippen molar-refractivity contribution in [2.24, 2.45) is 0 Å². The van der Waals surface area contributed by atoms with Gasteiger partial charge < -0.3 is 0 Å². The summed E-state index contributed by atoms with van der Waals surface area (Å²) in [6.07, 6.45) is 1.94. The molecule has 206 valence electrons. The summed E-state index contributed by atoms with van der Waals surface area (Å²) >= 11 is 1.82. The SMILES string of the molecule is c1ccc(-c2ccc(N(c3ccc4c(ccc5ccc6ccccc6c54)c3)c3nccc4sc5ccccc5c34)cc2)cc1. The van der Waals surface area contributed by atoms with Gasteiger partial charge in [-0.15, -0.1) is 11.3 Å². The van der Waals surface area contributed by atoms with Gasteiger partial charge in [0, 0.05) is 37.7 Å². The summed E-state index contributed by atoms with van der Waals surface area (Å²) in [5.74, 6) is 0.943. The lowest BCUT2D eigenvalue weighted by Crippen LogP contribution is -2.12. The molecule has 2 aromatic heterocycles. The first-order valence-electron chi connectivity index (χ1n) is 14.9. The van der Waals surface area contributed by atoms with E-state index in [9.17, 15) is 0 Å². The number of nitrogens with zero attached hydrogens (tertiary/aromatic N) is 2. The van der Waals surface area contributed by atoms with Crippen LogP contribution in [0.1, 0.15) is 0 Å². The lowest BCUT2D eigenvalue weighted by Gasteiger charge is -2.26. The van der Waals surface area contributed by atoms with Crippen LogP contribution in [0.15, 0.2) is 158 Å². The highest BCUT2D eigenvalue weighted by atomic mass is 32.1. The Morgan fingerprint density at radius 2 is 1.09 bits per heavy atom. The minimum absolute atomic E-state index is 0.943. The maximum absolute atomic E-state index is 5.07. The molecule has 0 saturated carbocycles. The summed E-state index contributed by atoms with van der Waals surface area (Å²) < 4.78 is 2.51. The summed E-state index contributed by atoms with van der Waals surface area (Å²) in [6, 6.07) is 54.7. The normalized spacial score (nSPS) is 11.6. The monoisotopic (exact) mass is 578 g/mol. The number of benzene rings is 7. The van der Waals surface area contributed by atoms with Crippen LogP contribution in [0.4, 0.5) is 17.2 Å². The molecule has 2 heterocycles. The molecule has 44 heavy (non-hydrogen) atoms. The fraction of sp³-hybridized carbons (Fsp3) is 0. The summed E-state index contributed by atoms with van der Waals surface area (Å²) in [6.45, 7) is 0. The maximum atomic E-state index is 5.07. The van der Waals surface area contributed by atoms with Gasteiger partial charge in [-0.3, -0.25) is 4.90 Å². The van der Waals surface area contributed by atoms with Crippen LogP contribution in [0.25, 0.3) is 63.6 Å². The van der Waals surface area contributed by atoms with Gasteiger partial charge in [0.1, 0.15) is 5.82 Å². The summed E-state index contributed by atoms with van der Waals surface area (Å²) in [5.41, 5.74) is 4.56. The Kier molecular flexibility index (Phi) is 5.71. The molecule has 3 heteroatoms. The number of pyridine rings is 1. The van der Waals surface area contributed by atoms with E-state index in [1.54, 1.807) is 0 Å². The van der Waals surface area contributed by atoms with Crippen molar-refractivity contribution in [2.45, 2.75) is 0 Å². The molecule has 2 nitrogen and oxygen atoms in total. The quantitative estimate of drug-likeness (QED) is 0.193. The zero-order valence-corrected chi connectivity index (χ0v) is 24.6. The topological polar surface area (TPSA) is 16.1 Å². The largest absolute Gasteiger partial charge is 0.294 e. The van der Waals surface area contributed by atoms with E-state index < -0.39 is 0 Å². The minimum Gasteiger partial charge on any atom is -0.294 e. The van der Waals surface area contributed by atoms with Crippen LogP contribution >= 0.6 is 11.3 Å². The number of hydrogen-bond donors (Lipinski definition) is 0. The maximum Gasteiger partial charge on any atom is 0.146 e. The van der Waals surface area contributed by atoms with E-state index >= 15 is 0 Å². The zero-order valence-electron chi connectivity index (χ0n) is 23.8. The first-order chi connectivity index (χ1) is 21.8. The van der Waals surface area contributed by atoms with Crippen LogP contribution in [0.3, 0.4) is 0 Å². The third-order valence-corrected chi connectivity index (χ3v) is 9.82. The van der Waals surface area contributed by atoms with Crippen molar-refractivity contribution in [1.82, 2.24) is 4.98 Å². The first kappa shape index (κ1) is 25.0. The number of aromatic nitrogens is 1. The predicted octanol–water partition coefficient (Wildman–Crippen LogP) is 12.0. The zero-order chi connectivity index (χ0) is 29.0. The summed E-state index contributed by atoms with van der Waals surface area (Å²) in [4.78, 5) is 7.39. The van der Waals surface area contributed by atoms with Crippen molar-refractivity contribution in [3.8, 4) is 11.1 Å². The second kappa shape index (κ2) is 10.0. The van der Waals surface area contributed by atoms with Gasteiger partial charge in [0.05, 0.1) is 0 Å². The van der Waals surface area contributed by atoms with Crippen LogP contribution < -0.4 is 4.90 Å². The molecule has 0 fully saturated rings. The fourth-order valence-electron chi connectivity index (χ4n) is 6.61. The molecule has 0 aliphatic rings. The molecule has 0 amide bonds. The highest BCUT2D eigenvalue weighted by molar-refractivity contribution is 7.25. The molecule has 0 spiro atoms. The Hall–Kier alpha value is -5.51. The van der Waals surface area contributed by atoms with E-state index in [0.717, 1.165) is 17.2 Å². The average Bonchev–Trinajstić information content (AvgIpc) is 3.48. The van der Waals surface area contributed by atoms with Crippen LogP contribution in [-0.4, -0.2) is 4.98 Å². The molecule has 0 N–H and O–H groups in total. The van der Waals surface area contributed by atoms with Crippen molar-refractivity contribution in [2.75, 3.05) is 4.90 Å².